The quantitative estimate of drug-likeness (QED) is 0.857. The predicted octanol–water partition coefficient (Wildman–Crippen LogP) is 1.28. The second kappa shape index (κ2) is 6.52. The molecular weight excluding hydrogens is 295 g/mol. The van der Waals surface area contributed by atoms with Gasteiger partial charge >= 0.3 is 0 Å². The first-order valence-electron chi connectivity index (χ1n) is 6.75. The molecule has 1 aromatic carbocycles. The van der Waals surface area contributed by atoms with Crippen LogP contribution in [-0.2, 0) is 15.8 Å². The molecule has 0 aliphatic heterocycles. The molecule has 1 aromatic rings. The van der Waals surface area contributed by atoms with Gasteiger partial charge in [-0.15, -0.1) is 0 Å². The van der Waals surface area contributed by atoms with E-state index in [1.165, 1.54) is 12.1 Å². The van der Waals surface area contributed by atoms with E-state index in [0.717, 1.165) is 18.9 Å². The fraction of sp³-hybridized carbons (Fsp3) is 0.500. The molecule has 0 spiro atoms. The average molecular weight is 312 g/mol. The van der Waals surface area contributed by atoms with E-state index >= 15 is 0 Å². The number of nitriles is 1. The van der Waals surface area contributed by atoms with E-state index in [9.17, 15) is 17.9 Å². The molecule has 0 amide bonds. The zero-order valence-corrected chi connectivity index (χ0v) is 12.2. The zero-order valence-electron chi connectivity index (χ0n) is 11.4. The van der Waals surface area contributed by atoms with Crippen molar-refractivity contribution < 1.29 is 17.9 Å². The van der Waals surface area contributed by atoms with Crippen molar-refractivity contribution in [3.63, 3.8) is 0 Å². The molecule has 2 rings (SSSR count). The molecule has 7 heteroatoms. The van der Waals surface area contributed by atoms with E-state index in [4.69, 9.17) is 5.26 Å². The summed E-state index contributed by atoms with van der Waals surface area (Å²) in [5.41, 5.74) is 0.182. The number of hydrogen-bond acceptors (Lipinski definition) is 4. The number of hydrogen-bond donors (Lipinski definition) is 2. The highest BCUT2D eigenvalue weighted by Crippen LogP contribution is 2.25. The van der Waals surface area contributed by atoms with Gasteiger partial charge in [0.25, 0.3) is 0 Å². The van der Waals surface area contributed by atoms with Gasteiger partial charge in [0.1, 0.15) is 5.82 Å². The van der Waals surface area contributed by atoms with Crippen LogP contribution in [0.2, 0.25) is 0 Å². The van der Waals surface area contributed by atoms with Crippen LogP contribution < -0.4 is 4.72 Å². The number of aliphatic hydroxyl groups excluding tert-OH is 1. The summed E-state index contributed by atoms with van der Waals surface area (Å²) in [6.45, 7) is 0.156. The smallest absolute Gasteiger partial charge is 0.215 e. The van der Waals surface area contributed by atoms with Crippen LogP contribution in [0, 0.1) is 23.1 Å². The Morgan fingerprint density at radius 3 is 2.81 bits per heavy atom. The van der Waals surface area contributed by atoms with Crippen LogP contribution in [0.5, 0.6) is 0 Å². The number of nitrogens with one attached hydrogen (secondary N) is 1. The van der Waals surface area contributed by atoms with Gasteiger partial charge in [-0.3, -0.25) is 0 Å². The molecule has 1 aliphatic rings. The minimum atomic E-state index is -3.70. The first kappa shape index (κ1) is 15.9. The topological polar surface area (TPSA) is 90.2 Å². The van der Waals surface area contributed by atoms with Crippen molar-refractivity contribution in [1.29, 1.82) is 5.26 Å². The first-order chi connectivity index (χ1) is 9.91. The van der Waals surface area contributed by atoms with E-state index in [1.807, 2.05) is 6.07 Å². The van der Waals surface area contributed by atoms with Crippen LogP contribution in [0.4, 0.5) is 4.39 Å². The molecule has 5 nitrogen and oxygen atoms in total. The van der Waals surface area contributed by atoms with Crippen molar-refractivity contribution in [2.75, 3.05) is 6.54 Å². The lowest BCUT2D eigenvalue weighted by Gasteiger charge is -2.15. The van der Waals surface area contributed by atoms with Gasteiger partial charge in [-0.25, -0.2) is 17.5 Å². The normalized spacial score (nSPS) is 22.1. The maximum Gasteiger partial charge on any atom is 0.215 e. The van der Waals surface area contributed by atoms with Crippen molar-refractivity contribution in [2.45, 2.75) is 31.1 Å². The van der Waals surface area contributed by atoms with E-state index in [0.29, 0.717) is 6.42 Å². The fourth-order valence-electron chi connectivity index (χ4n) is 2.50. The Bertz CT molecular complexity index is 655. The summed E-state index contributed by atoms with van der Waals surface area (Å²) in [6.07, 6.45) is 1.87. The Morgan fingerprint density at radius 1 is 1.43 bits per heavy atom. The zero-order chi connectivity index (χ0) is 15.5. The Labute approximate surface area is 123 Å². The van der Waals surface area contributed by atoms with Gasteiger partial charge in [0.2, 0.25) is 10.0 Å². The molecule has 2 unspecified atom stereocenters. The number of benzene rings is 1. The monoisotopic (exact) mass is 312 g/mol. The summed E-state index contributed by atoms with van der Waals surface area (Å²) in [4.78, 5) is 0. The molecule has 0 radical (unpaired) electrons. The summed E-state index contributed by atoms with van der Waals surface area (Å²) in [7, 11) is -3.70. The molecule has 2 N–H and O–H groups in total. The maximum atomic E-state index is 13.6. The van der Waals surface area contributed by atoms with Gasteiger partial charge < -0.3 is 5.11 Å². The number of halogens is 1. The van der Waals surface area contributed by atoms with Gasteiger partial charge in [0.05, 0.1) is 23.5 Å². The van der Waals surface area contributed by atoms with Crippen LogP contribution in [0.25, 0.3) is 0 Å². The van der Waals surface area contributed by atoms with Crippen molar-refractivity contribution >= 4 is 10.0 Å². The summed E-state index contributed by atoms with van der Waals surface area (Å²) < 4.78 is 40.0. The Kier molecular flexibility index (Phi) is 4.93. The van der Waals surface area contributed by atoms with Crippen LogP contribution in [-0.4, -0.2) is 26.2 Å². The number of rotatable bonds is 5. The van der Waals surface area contributed by atoms with E-state index < -0.39 is 27.7 Å². The molecule has 21 heavy (non-hydrogen) atoms. The molecule has 1 aliphatic carbocycles. The average Bonchev–Trinajstić information content (AvgIpc) is 2.84. The highest BCUT2D eigenvalue weighted by atomic mass is 32.2. The number of sulfonamides is 1. The minimum Gasteiger partial charge on any atom is -0.393 e. The van der Waals surface area contributed by atoms with E-state index in [1.54, 1.807) is 0 Å². The first-order valence-corrected chi connectivity index (χ1v) is 8.40. The maximum absolute atomic E-state index is 13.6. The molecule has 0 saturated heterocycles. The lowest BCUT2D eigenvalue weighted by Crippen LogP contribution is -2.33. The third kappa shape index (κ3) is 4.24. The van der Waals surface area contributed by atoms with Crippen molar-refractivity contribution in [3.05, 3.63) is 35.1 Å². The van der Waals surface area contributed by atoms with Crippen LogP contribution in [0.3, 0.4) is 0 Å². The Balaban J connectivity index is 2.02. The van der Waals surface area contributed by atoms with Crippen LogP contribution in [0.15, 0.2) is 18.2 Å². The molecule has 0 heterocycles. The third-order valence-electron chi connectivity index (χ3n) is 3.70. The van der Waals surface area contributed by atoms with Crippen LogP contribution >= 0.6 is 0 Å². The van der Waals surface area contributed by atoms with Gasteiger partial charge in [0, 0.05) is 12.1 Å². The van der Waals surface area contributed by atoms with Gasteiger partial charge in [0.15, 0.2) is 0 Å². The summed E-state index contributed by atoms with van der Waals surface area (Å²) >= 11 is 0. The molecule has 1 saturated carbocycles. The Hall–Kier alpha value is -1.49. The molecule has 114 valence electrons. The number of nitrogens with zero attached hydrogens (tertiary/aromatic N) is 1. The molecule has 1 fully saturated rings. The standard InChI is InChI=1S/C14H17FN2O3S/c15-13-5-4-10(7-16)6-12(13)9-21(19,20)17-8-11-2-1-3-14(11)18/h4-6,11,14,17-18H,1-3,8-9H2. The fourth-order valence-corrected chi connectivity index (χ4v) is 3.70. The van der Waals surface area contributed by atoms with Gasteiger partial charge in [-0.05, 0) is 37.0 Å². The van der Waals surface area contributed by atoms with E-state index in [2.05, 4.69) is 4.72 Å². The molecule has 0 bridgehead atoms. The minimum absolute atomic E-state index is 0.0338. The molecule has 0 aromatic heterocycles. The van der Waals surface area contributed by atoms with E-state index in [-0.39, 0.29) is 23.6 Å². The van der Waals surface area contributed by atoms with Crippen LogP contribution in [0.1, 0.15) is 30.4 Å². The summed E-state index contributed by atoms with van der Waals surface area (Å²) in [6, 6.07) is 5.47. The molecule has 2 atom stereocenters. The number of aliphatic hydroxyl groups is 1. The largest absolute Gasteiger partial charge is 0.393 e. The highest BCUT2D eigenvalue weighted by Gasteiger charge is 2.26. The Morgan fingerprint density at radius 2 is 2.19 bits per heavy atom. The lowest BCUT2D eigenvalue weighted by atomic mass is 10.1. The van der Waals surface area contributed by atoms with Crippen molar-refractivity contribution in [2.24, 2.45) is 5.92 Å². The second-order valence-corrected chi connectivity index (χ2v) is 7.09. The lowest BCUT2D eigenvalue weighted by molar-refractivity contribution is 0.134. The molecular formula is C14H17FN2O3S. The van der Waals surface area contributed by atoms with Crippen molar-refractivity contribution in [1.82, 2.24) is 4.72 Å². The predicted molar refractivity (Wildman–Crippen MR) is 75.1 cm³/mol. The van der Waals surface area contributed by atoms with Gasteiger partial charge in [-0.2, -0.15) is 5.26 Å². The second-order valence-electron chi connectivity index (χ2n) is 5.28. The van der Waals surface area contributed by atoms with Crippen molar-refractivity contribution in [3.8, 4) is 6.07 Å². The summed E-state index contributed by atoms with van der Waals surface area (Å²) in [5, 5.41) is 18.4. The van der Waals surface area contributed by atoms with Gasteiger partial charge in [-0.1, -0.05) is 6.42 Å². The highest BCUT2D eigenvalue weighted by molar-refractivity contribution is 7.88. The third-order valence-corrected chi connectivity index (χ3v) is 5.00. The SMILES string of the molecule is N#Cc1ccc(F)c(CS(=O)(=O)NCC2CCCC2O)c1. The summed E-state index contributed by atoms with van der Waals surface area (Å²) in [5.74, 6) is -1.26.